The molecule has 0 N–H and O–H groups in total. The highest BCUT2D eigenvalue weighted by Gasteiger charge is 2.32. The number of hydrogen-bond donors (Lipinski definition) is 0. The van der Waals surface area contributed by atoms with E-state index < -0.39 is 10.7 Å². The number of carbonyl (C=O) groups excluding carboxylic acids is 1. The molecule has 0 unspecified atom stereocenters. The molecule has 1 heterocycles. The Kier molecular flexibility index (Phi) is 5.75. The van der Waals surface area contributed by atoms with Gasteiger partial charge in [-0.25, -0.2) is 4.79 Å². The van der Waals surface area contributed by atoms with Crippen LogP contribution >= 0.6 is 0 Å². The zero-order valence-corrected chi connectivity index (χ0v) is 17.2. The molecule has 0 aliphatic heterocycles. The number of ether oxygens (including phenoxy) is 1. The van der Waals surface area contributed by atoms with Gasteiger partial charge in [0, 0.05) is 31.6 Å². The topological polar surface area (TPSA) is 108 Å². The highest BCUT2D eigenvalue weighted by Crippen LogP contribution is 2.29. The Morgan fingerprint density at radius 3 is 2.65 bits per heavy atom. The number of non-ortho nitro benzene ring substituents is 1. The summed E-state index contributed by atoms with van der Waals surface area (Å²) < 4.78 is 11.7. The fourth-order valence-electron chi connectivity index (χ4n) is 3.65. The fourth-order valence-corrected chi connectivity index (χ4v) is 3.65. The minimum Gasteiger partial charge on any atom is -0.497 e. The van der Waals surface area contributed by atoms with Crippen molar-refractivity contribution < 1.29 is 18.9 Å². The number of methoxy groups -OCH3 is 1. The number of carbonyl (C=O) groups is 1. The first-order chi connectivity index (χ1) is 15.0. The minimum atomic E-state index is -0.583. The van der Waals surface area contributed by atoms with E-state index in [9.17, 15) is 19.7 Å². The third-order valence-electron chi connectivity index (χ3n) is 5.45. The molecule has 1 aromatic heterocycles. The molecule has 0 atom stereocenters. The van der Waals surface area contributed by atoms with E-state index in [-0.39, 0.29) is 23.2 Å². The third kappa shape index (κ3) is 4.60. The summed E-state index contributed by atoms with van der Waals surface area (Å²) in [4.78, 5) is 37.3. The number of amides is 1. The van der Waals surface area contributed by atoms with E-state index >= 15 is 0 Å². The zero-order valence-electron chi connectivity index (χ0n) is 17.2. The van der Waals surface area contributed by atoms with Crippen LogP contribution in [0.5, 0.6) is 5.75 Å². The third-order valence-corrected chi connectivity index (χ3v) is 5.45. The molecule has 0 bridgehead atoms. The first-order valence-corrected chi connectivity index (χ1v) is 10.2. The predicted molar refractivity (Wildman–Crippen MR) is 113 cm³/mol. The summed E-state index contributed by atoms with van der Waals surface area (Å²) in [5, 5.41) is 10.9. The van der Waals surface area contributed by atoms with E-state index in [0.717, 1.165) is 24.2 Å². The lowest BCUT2D eigenvalue weighted by atomic mass is 10.2. The number of rotatable bonds is 9. The van der Waals surface area contributed by atoms with Gasteiger partial charge >= 0.3 is 5.76 Å². The molecule has 2 aromatic carbocycles. The largest absolute Gasteiger partial charge is 0.497 e. The molecule has 1 amide bonds. The van der Waals surface area contributed by atoms with Crippen molar-refractivity contribution in [2.24, 2.45) is 0 Å². The highest BCUT2D eigenvalue weighted by molar-refractivity contribution is 5.77. The standard InChI is InChI=1S/C22H23N3O6/c1-30-18-9-4-15(5-10-18)14-24(16-6-7-16)21(26)3-2-12-23-19-11-8-17(25(28)29)13-20(19)31-22(23)27/h4-5,8-11,13,16H,2-3,6-7,12,14H2,1H3. The van der Waals surface area contributed by atoms with E-state index in [1.165, 1.54) is 22.8 Å². The van der Waals surface area contributed by atoms with Gasteiger partial charge < -0.3 is 14.1 Å². The molecule has 0 saturated heterocycles. The van der Waals surface area contributed by atoms with Crippen molar-refractivity contribution in [3.63, 3.8) is 0 Å². The van der Waals surface area contributed by atoms with Crippen LogP contribution in [-0.4, -0.2) is 33.4 Å². The van der Waals surface area contributed by atoms with Gasteiger partial charge in [0.1, 0.15) is 5.75 Å². The Hall–Kier alpha value is -3.62. The molecule has 1 fully saturated rings. The average Bonchev–Trinajstić information content (AvgIpc) is 3.55. The number of hydrogen-bond acceptors (Lipinski definition) is 6. The number of nitro benzene ring substituents is 1. The van der Waals surface area contributed by atoms with E-state index in [0.29, 0.717) is 31.4 Å². The van der Waals surface area contributed by atoms with Gasteiger partial charge in [0.2, 0.25) is 5.91 Å². The number of nitrogens with zero attached hydrogens (tertiary/aromatic N) is 3. The van der Waals surface area contributed by atoms with Gasteiger partial charge in [-0.1, -0.05) is 12.1 Å². The minimum absolute atomic E-state index is 0.0507. The number of fused-ring (bicyclic) bond motifs is 1. The molecule has 0 spiro atoms. The van der Waals surface area contributed by atoms with Gasteiger partial charge in [0.05, 0.1) is 23.6 Å². The van der Waals surface area contributed by atoms with Crippen LogP contribution in [0, 0.1) is 10.1 Å². The highest BCUT2D eigenvalue weighted by atomic mass is 16.6. The number of aromatic nitrogens is 1. The Balaban J connectivity index is 1.40. The van der Waals surface area contributed by atoms with Gasteiger partial charge in [-0.05, 0) is 43.0 Å². The number of benzene rings is 2. The summed E-state index contributed by atoms with van der Waals surface area (Å²) >= 11 is 0. The van der Waals surface area contributed by atoms with Crippen molar-refractivity contribution in [3.8, 4) is 5.75 Å². The van der Waals surface area contributed by atoms with Gasteiger partial charge in [0.15, 0.2) is 5.58 Å². The van der Waals surface area contributed by atoms with Crippen LogP contribution in [0.4, 0.5) is 5.69 Å². The quantitative estimate of drug-likeness (QED) is 0.384. The SMILES string of the molecule is COc1ccc(CN(C(=O)CCCn2c(=O)oc3cc([N+](=O)[O-])ccc32)C2CC2)cc1. The summed E-state index contributed by atoms with van der Waals surface area (Å²) in [6.07, 6.45) is 2.79. The Morgan fingerprint density at radius 2 is 2.00 bits per heavy atom. The number of oxazole rings is 1. The second-order valence-corrected chi connectivity index (χ2v) is 7.63. The lowest BCUT2D eigenvalue weighted by Gasteiger charge is -2.23. The maximum absolute atomic E-state index is 12.9. The van der Waals surface area contributed by atoms with Crippen molar-refractivity contribution in [2.45, 2.75) is 44.8 Å². The summed E-state index contributed by atoms with van der Waals surface area (Å²) in [7, 11) is 1.62. The van der Waals surface area contributed by atoms with Gasteiger partial charge in [0.25, 0.3) is 5.69 Å². The fraction of sp³-hybridized carbons (Fsp3) is 0.364. The van der Waals surface area contributed by atoms with Gasteiger partial charge in [-0.3, -0.25) is 19.5 Å². The van der Waals surface area contributed by atoms with Gasteiger partial charge in [-0.15, -0.1) is 0 Å². The molecule has 0 radical (unpaired) electrons. The summed E-state index contributed by atoms with van der Waals surface area (Å²) in [5.41, 5.74) is 1.56. The van der Waals surface area contributed by atoms with Crippen LogP contribution in [0.1, 0.15) is 31.2 Å². The Morgan fingerprint density at radius 1 is 1.26 bits per heavy atom. The Labute approximate surface area is 178 Å². The first-order valence-electron chi connectivity index (χ1n) is 10.2. The zero-order chi connectivity index (χ0) is 22.0. The second-order valence-electron chi connectivity index (χ2n) is 7.63. The maximum Gasteiger partial charge on any atom is 0.419 e. The molecule has 162 valence electrons. The molecular weight excluding hydrogens is 402 g/mol. The van der Waals surface area contributed by atoms with Crippen molar-refractivity contribution in [1.29, 1.82) is 0 Å². The smallest absolute Gasteiger partial charge is 0.419 e. The maximum atomic E-state index is 12.9. The molecule has 1 aliphatic rings. The van der Waals surface area contributed by atoms with E-state index in [1.54, 1.807) is 7.11 Å². The second kappa shape index (κ2) is 8.63. The van der Waals surface area contributed by atoms with Crippen LogP contribution in [0.3, 0.4) is 0 Å². The lowest BCUT2D eigenvalue weighted by molar-refractivity contribution is -0.384. The van der Waals surface area contributed by atoms with Crippen LogP contribution in [-0.2, 0) is 17.9 Å². The van der Waals surface area contributed by atoms with Gasteiger partial charge in [-0.2, -0.15) is 0 Å². The van der Waals surface area contributed by atoms with Crippen LogP contribution in [0.25, 0.3) is 11.1 Å². The van der Waals surface area contributed by atoms with E-state index in [1.807, 2.05) is 29.2 Å². The predicted octanol–water partition coefficient (Wildman–Crippen LogP) is 3.48. The van der Waals surface area contributed by atoms with E-state index in [2.05, 4.69) is 0 Å². The number of nitro groups is 1. The average molecular weight is 425 g/mol. The summed E-state index contributed by atoms with van der Waals surface area (Å²) in [5.74, 6) is 0.242. The normalized spacial score (nSPS) is 13.3. The monoisotopic (exact) mass is 425 g/mol. The molecule has 1 aliphatic carbocycles. The van der Waals surface area contributed by atoms with Crippen LogP contribution in [0.2, 0.25) is 0 Å². The summed E-state index contributed by atoms with van der Waals surface area (Å²) in [6, 6.07) is 12.0. The van der Waals surface area contributed by atoms with Crippen molar-refractivity contribution >= 4 is 22.7 Å². The van der Waals surface area contributed by atoms with Crippen molar-refractivity contribution in [2.75, 3.05) is 7.11 Å². The molecule has 3 aromatic rings. The first kappa shape index (κ1) is 20.6. The molecule has 4 rings (SSSR count). The van der Waals surface area contributed by atoms with Crippen LogP contribution in [0.15, 0.2) is 51.7 Å². The molecular formula is C22H23N3O6. The Bertz CT molecular complexity index is 1160. The van der Waals surface area contributed by atoms with Crippen molar-refractivity contribution in [1.82, 2.24) is 9.47 Å². The molecule has 9 heteroatoms. The summed E-state index contributed by atoms with van der Waals surface area (Å²) in [6.45, 7) is 0.849. The molecule has 9 nitrogen and oxygen atoms in total. The lowest BCUT2D eigenvalue weighted by Crippen LogP contribution is -2.32. The molecule has 1 saturated carbocycles. The van der Waals surface area contributed by atoms with Crippen LogP contribution < -0.4 is 10.5 Å². The number of aryl methyl sites for hydroxylation is 1. The molecule has 31 heavy (non-hydrogen) atoms. The van der Waals surface area contributed by atoms with Crippen molar-refractivity contribution in [3.05, 3.63) is 68.7 Å². The van der Waals surface area contributed by atoms with E-state index in [4.69, 9.17) is 9.15 Å².